The van der Waals surface area contributed by atoms with Crippen molar-refractivity contribution in [3.63, 3.8) is 0 Å². The highest BCUT2D eigenvalue weighted by Gasteiger charge is 2.20. The number of pyridine rings is 1. The van der Waals surface area contributed by atoms with Gasteiger partial charge in [0, 0.05) is 12.6 Å². The Labute approximate surface area is 122 Å². The van der Waals surface area contributed by atoms with E-state index in [1.807, 2.05) is 0 Å². The lowest BCUT2D eigenvalue weighted by atomic mass is 10.2. The number of nitrogens with zero attached hydrogens (tertiary/aromatic N) is 1. The van der Waals surface area contributed by atoms with E-state index >= 15 is 0 Å². The van der Waals surface area contributed by atoms with Crippen LogP contribution in [0.1, 0.15) is 12.8 Å². The summed E-state index contributed by atoms with van der Waals surface area (Å²) in [6.07, 6.45) is 1.41. The molecule has 0 amide bonds. The SMILES string of the molecule is C[Si](C)(C)C#CCC[C@@H](O)CS(=O)(=O)c1ccccn1. The van der Waals surface area contributed by atoms with E-state index in [1.165, 1.54) is 12.3 Å². The van der Waals surface area contributed by atoms with E-state index < -0.39 is 24.0 Å². The molecule has 0 aromatic carbocycles. The molecule has 0 spiro atoms. The molecule has 0 aliphatic carbocycles. The fraction of sp³-hybridized carbons (Fsp3) is 0.500. The fourth-order valence-electron chi connectivity index (χ4n) is 1.52. The molecule has 1 aromatic rings. The van der Waals surface area contributed by atoms with E-state index in [9.17, 15) is 13.5 Å². The van der Waals surface area contributed by atoms with Crippen LogP contribution >= 0.6 is 0 Å². The van der Waals surface area contributed by atoms with Gasteiger partial charge in [-0.05, 0) is 18.6 Å². The third kappa shape index (κ3) is 6.33. The summed E-state index contributed by atoms with van der Waals surface area (Å²) in [5.41, 5.74) is 3.19. The number of hydrogen-bond donors (Lipinski definition) is 1. The normalized spacial score (nSPS) is 13.4. The maximum atomic E-state index is 12.0. The molecule has 1 aromatic heterocycles. The summed E-state index contributed by atoms with van der Waals surface area (Å²) >= 11 is 0. The largest absolute Gasteiger partial charge is 0.392 e. The number of sulfone groups is 1. The molecule has 0 saturated carbocycles. The number of rotatable bonds is 5. The Bertz CT molecular complexity index is 582. The maximum absolute atomic E-state index is 12.0. The van der Waals surface area contributed by atoms with Crippen molar-refractivity contribution in [2.75, 3.05) is 5.75 Å². The van der Waals surface area contributed by atoms with Gasteiger partial charge in [0.15, 0.2) is 14.9 Å². The summed E-state index contributed by atoms with van der Waals surface area (Å²) in [7, 11) is -4.93. The molecule has 0 unspecified atom stereocenters. The van der Waals surface area contributed by atoms with Gasteiger partial charge in [0.1, 0.15) is 8.07 Å². The molecule has 0 saturated heterocycles. The number of aliphatic hydroxyl groups is 1. The van der Waals surface area contributed by atoms with Gasteiger partial charge in [-0.25, -0.2) is 13.4 Å². The van der Waals surface area contributed by atoms with Crippen molar-refractivity contribution >= 4 is 17.9 Å². The Kier molecular flexibility index (Phi) is 5.93. The van der Waals surface area contributed by atoms with Crippen LogP contribution in [0.3, 0.4) is 0 Å². The van der Waals surface area contributed by atoms with Crippen LogP contribution in [0, 0.1) is 11.5 Å². The van der Waals surface area contributed by atoms with Crippen LogP contribution in [0.15, 0.2) is 29.4 Å². The first kappa shape index (κ1) is 16.9. The zero-order valence-electron chi connectivity index (χ0n) is 12.1. The molecule has 1 heterocycles. The topological polar surface area (TPSA) is 67.3 Å². The predicted octanol–water partition coefficient (Wildman–Crippen LogP) is 1.88. The first-order chi connectivity index (χ1) is 9.21. The number of hydrogen-bond acceptors (Lipinski definition) is 4. The minimum Gasteiger partial charge on any atom is -0.392 e. The van der Waals surface area contributed by atoms with Crippen molar-refractivity contribution < 1.29 is 13.5 Å². The molecule has 0 aliphatic rings. The zero-order chi connectivity index (χ0) is 15.2. The molecule has 0 radical (unpaired) electrons. The van der Waals surface area contributed by atoms with Crippen molar-refractivity contribution in [1.82, 2.24) is 4.98 Å². The van der Waals surface area contributed by atoms with E-state index in [-0.39, 0.29) is 10.8 Å². The van der Waals surface area contributed by atoms with Crippen molar-refractivity contribution in [3.05, 3.63) is 24.4 Å². The smallest absolute Gasteiger partial charge is 0.198 e. The van der Waals surface area contributed by atoms with Crippen molar-refractivity contribution in [1.29, 1.82) is 0 Å². The zero-order valence-corrected chi connectivity index (χ0v) is 13.9. The Hall–Kier alpha value is -1.16. The molecular weight excluding hydrogens is 290 g/mol. The second-order valence-electron chi connectivity index (χ2n) is 5.69. The lowest BCUT2D eigenvalue weighted by Gasteiger charge is -2.09. The third-order valence-electron chi connectivity index (χ3n) is 2.43. The van der Waals surface area contributed by atoms with Gasteiger partial charge in [0.05, 0.1) is 11.9 Å². The summed E-state index contributed by atoms with van der Waals surface area (Å²) in [5, 5.41) is 9.82. The second kappa shape index (κ2) is 7.02. The summed E-state index contributed by atoms with van der Waals surface area (Å²) in [5.74, 6) is 2.72. The van der Waals surface area contributed by atoms with Crippen molar-refractivity contribution in [2.24, 2.45) is 0 Å². The van der Waals surface area contributed by atoms with Gasteiger partial charge >= 0.3 is 0 Å². The van der Waals surface area contributed by atoms with Gasteiger partial charge in [-0.3, -0.25) is 0 Å². The van der Waals surface area contributed by atoms with Gasteiger partial charge < -0.3 is 5.11 Å². The van der Waals surface area contributed by atoms with Crippen LogP contribution in [0.2, 0.25) is 19.6 Å². The van der Waals surface area contributed by atoms with Crippen molar-refractivity contribution in [2.45, 2.75) is 43.6 Å². The van der Waals surface area contributed by atoms with Crippen LogP contribution in [-0.4, -0.2) is 38.4 Å². The highest BCUT2D eigenvalue weighted by molar-refractivity contribution is 7.91. The van der Waals surface area contributed by atoms with Crippen LogP contribution in [0.4, 0.5) is 0 Å². The molecule has 0 bridgehead atoms. The summed E-state index contributed by atoms with van der Waals surface area (Å²) in [4.78, 5) is 3.81. The van der Waals surface area contributed by atoms with Gasteiger partial charge in [-0.2, -0.15) is 0 Å². The summed E-state index contributed by atoms with van der Waals surface area (Å²) in [6.45, 7) is 6.42. The van der Waals surface area contributed by atoms with Gasteiger partial charge in [-0.15, -0.1) is 11.5 Å². The molecule has 1 atom stereocenters. The lowest BCUT2D eigenvalue weighted by molar-refractivity contribution is 0.189. The molecule has 0 fully saturated rings. The lowest BCUT2D eigenvalue weighted by Crippen LogP contribution is -2.21. The summed E-state index contributed by atoms with van der Waals surface area (Å²) in [6, 6.07) is 4.71. The molecular formula is C14H21NO3SSi. The van der Waals surface area contributed by atoms with E-state index in [0.717, 1.165) is 0 Å². The van der Waals surface area contributed by atoms with Crippen LogP contribution in [-0.2, 0) is 9.84 Å². The first-order valence-electron chi connectivity index (χ1n) is 6.52. The highest BCUT2D eigenvalue weighted by atomic mass is 32.2. The van der Waals surface area contributed by atoms with E-state index in [2.05, 4.69) is 36.1 Å². The summed E-state index contributed by atoms with van der Waals surface area (Å²) < 4.78 is 24.0. The Morgan fingerprint density at radius 3 is 2.60 bits per heavy atom. The Balaban J connectivity index is 2.54. The molecule has 110 valence electrons. The van der Waals surface area contributed by atoms with E-state index in [1.54, 1.807) is 12.1 Å². The minimum atomic E-state index is -3.53. The van der Waals surface area contributed by atoms with E-state index in [0.29, 0.717) is 12.8 Å². The van der Waals surface area contributed by atoms with Gasteiger partial charge in [0.2, 0.25) is 0 Å². The predicted molar refractivity (Wildman–Crippen MR) is 82.7 cm³/mol. The van der Waals surface area contributed by atoms with Crippen LogP contribution < -0.4 is 0 Å². The Morgan fingerprint density at radius 1 is 1.35 bits per heavy atom. The van der Waals surface area contributed by atoms with E-state index in [4.69, 9.17) is 0 Å². The second-order valence-corrected chi connectivity index (χ2v) is 12.4. The number of aliphatic hydroxyl groups excluding tert-OH is 1. The first-order valence-corrected chi connectivity index (χ1v) is 11.7. The molecule has 4 nitrogen and oxygen atoms in total. The highest BCUT2D eigenvalue weighted by Crippen LogP contribution is 2.10. The molecule has 0 aliphatic heterocycles. The van der Waals surface area contributed by atoms with Crippen molar-refractivity contribution in [3.8, 4) is 11.5 Å². The molecule has 20 heavy (non-hydrogen) atoms. The standard InChI is InChI=1S/C14H21NO3SSi/c1-20(2,3)11-7-5-8-13(16)12-19(17,18)14-9-4-6-10-15-14/h4,6,9-10,13,16H,5,8,12H2,1-3H3/t13-/m1/s1. The monoisotopic (exact) mass is 311 g/mol. The molecule has 6 heteroatoms. The van der Waals surface area contributed by atoms with Gasteiger partial charge in [0.25, 0.3) is 0 Å². The average molecular weight is 311 g/mol. The molecule has 1 N–H and O–H groups in total. The fourth-order valence-corrected chi connectivity index (χ4v) is 3.53. The van der Waals surface area contributed by atoms with Crippen LogP contribution in [0.25, 0.3) is 0 Å². The maximum Gasteiger partial charge on any atom is 0.198 e. The quantitative estimate of drug-likeness (QED) is 0.666. The number of aromatic nitrogens is 1. The Morgan fingerprint density at radius 2 is 2.05 bits per heavy atom. The minimum absolute atomic E-state index is 0.00670. The molecule has 1 rings (SSSR count). The van der Waals surface area contributed by atoms with Crippen LogP contribution in [0.5, 0.6) is 0 Å². The third-order valence-corrected chi connectivity index (χ3v) is 5.06. The van der Waals surface area contributed by atoms with Gasteiger partial charge in [-0.1, -0.05) is 25.7 Å². The average Bonchev–Trinajstić information content (AvgIpc) is 2.34.